The van der Waals surface area contributed by atoms with E-state index in [2.05, 4.69) is 26.1 Å². The Kier molecular flexibility index (Phi) is 3.78. The topological polar surface area (TPSA) is 69.7 Å². The van der Waals surface area contributed by atoms with Crippen molar-refractivity contribution < 1.29 is 14.4 Å². The van der Waals surface area contributed by atoms with E-state index in [1.807, 2.05) is 25.1 Å². The quantitative estimate of drug-likeness (QED) is 0.746. The van der Waals surface area contributed by atoms with Crippen LogP contribution in [0.4, 0.5) is 5.69 Å². The molecular formula is C20H22BrN3O3. The number of nitrogens with one attached hydrogen (secondary N) is 1. The van der Waals surface area contributed by atoms with Gasteiger partial charge in [0.15, 0.2) is 0 Å². The molecule has 4 aliphatic heterocycles. The molecule has 4 atom stereocenters. The lowest BCUT2D eigenvalue weighted by molar-refractivity contribution is -0.145. The van der Waals surface area contributed by atoms with E-state index in [1.54, 1.807) is 0 Å². The fourth-order valence-corrected chi connectivity index (χ4v) is 6.13. The van der Waals surface area contributed by atoms with Crippen molar-refractivity contribution in [2.45, 2.75) is 44.2 Å². The summed E-state index contributed by atoms with van der Waals surface area (Å²) in [5.41, 5.74) is 0.528. The predicted molar refractivity (Wildman–Crippen MR) is 103 cm³/mol. The summed E-state index contributed by atoms with van der Waals surface area (Å²) in [6.07, 6.45) is 3.53. The predicted octanol–water partition coefficient (Wildman–Crippen LogP) is 2.48. The van der Waals surface area contributed by atoms with Crippen molar-refractivity contribution in [3.8, 4) is 0 Å². The number of nitrogens with zero attached hydrogens (tertiary/aromatic N) is 2. The number of hydrogen-bond acceptors (Lipinski definition) is 4. The zero-order valence-corrected chi connectivity index (χ0v) is 16.8. The first-order chi connectivity index (χ1) is 13.0. The summed E-state index contributed by atoms with van der Waals surface area (Å²) in [4.78, 5) is 43.6. The maximum Gasteiger partial charge on any atom is 0.250 e. The number of anilines is 1. The number of halogens is 1. The highest BCUT2D eigenvalue weighted by Gasteiger charge is 2.74. The highest BCUT2D eigenvalue weighted by Crippen LogP contribution is 2.60. The molecule has 6 nitrogen and oxygen atoms in total. The van der Waals surface area contributed by atoms with E-state index in [4.69, 9.17) is 0 Å². The van der Waals surface area contributed by atoms with E-state index in [-0.39, 0.29) is 23.8 Å². The van der Waals surface area contributed by atoms with Crippen LogP contribution in [0.3, 0.4) is 0 Å². The van der Waals surface area contributed by atoms with Gasteiger partial charge < -0.3 is 5.32 Å². The zero-order valence-electron chi connectivity index (χ0n) is 15.2. The second-order valence-electron chi connectivity index (χ2n) is 8.00. The van der Waals surface area contributed by atoms with Gasteiger partial charge in [0.05, 0.1) is 11.8 Å². The lowest BCUT2D eigenvalue weighted by Crippen LogP contribution is -2.54. The number of rotatable bonds is 3. The van der Waals surface area contributed by atoms with E-state index in [0.29, 0.717) is 6.54 Å². The molecule has 3 saturated heterocycles. The largest absolute Gasteiger partial charge is 0.324 e. The molecular weight excluding hydrogens is 410 g/mol. The van der Waals surface area contributed by atoms with E-state index in [1.165, 1.54) is 4.90 Å². The maximum atomic E-state index is 13.4. The monoisotopic (exact) mass is 431 g/mol. The van der Waals surface area contributed by atoms with Gasteiger partial charge >= 0.3 is 0 Å². The summed E-state index contributed by atoms with van der Waals surface area (Å²) in [5, 5.41) is 2.99. The molecule has 5 rings (SSSR count). The van der Waals surface area contributed by atoms with Crippen molar-refractivity contribution >= 4 is 39.3 Å². The summed E-state index contributed by atoms with van der Waals surface area (Å²) in [6.45, 7) is 3.24. The fraction of sp³-hybridized carbons (Fsp3) is 0.550. The van der Waals surface area contributed by atoms with Crippen LogP contribution < -0.4 is 5.32 Å². The van der Waals surface area contributed by atoms with Crippen LogP contribution in [0, 0.1) is 11.8 Å². The molecule has 0 unspecified atom stereocenters. The van der Waals surface area contributed by atoms with Crippen LogP contribution in [0.25, 0.3) is 0 Å². The third-order valence-electron chi connectivity index (χ3n) is 6.78. The summed E-state index contributed by atoms with van der Waals surface area (Å²) >= 11 is 3.51. The van der Waals surface area contributed by atoms with Gasteiger partial charge in [-0.15, -0.1) is 0 Å². The molecule has 1 aromatic carbocycles. The molecule has 7 heteroatoms. The molecule has 27 heavy (non-hydrogen) atoms. The molecule has 3 fully saturated rings. The fourth-order valence-electron chi connectivity index (χ4n) is 5.77. The van der Waals surface area contributed by atoms with Crippen molar-refractivity contribution in [1.82, 2.24) is 9.80 Å². The Morgan fingerprint density at radius 1 is 1.26 bits per heavy atom. The minimum atomic E-state index is -1.06. The van der Waals surface area contributed by atoms with Gasteiger partial charge in [-0.05, 0) is 44.0 Å². The molecule has 0 saturated carbocycles. The molecule has 1 spiro atoms. The minimum absolute atomic E-state index is 0.0336. The van der Waals surface area contributed by atoms with Crippen molar-refractivity contribution in [2.24, 2.45) is 11.8 Å². The maximum absolute atomic E-state index is 13.4. The number of carbonyl (C=O) groups excluding carboxylic acids is 3. The normalized spacial score (nSPS) is 34.4. The Labute approximate surface area is 166 Å². The average Bonchev–Trinajstić information content (AvgIpc) is 3.33. The highest BCUT2D eigenvalue weighted by molar-refractivity contribution is 9.10. The SMILES string of the molecule is CCCCN1C(=O)[C@H]2[C@H]3CCCN3[C@@]3(C(=O)Nc4ccc(Br)cc43)[C@@H]2C1=O. The molecule has 1 N–H and O–H groups in total. The first kappa shape index (κ1) is 17.4. The molecule has 1 aromatic rings. The van der Waals surface area contributed by atoms with Gasteiger partial charge in [0.2, 0.25) is 17.7 Å². The number of imide groups is 1. The summed E-state index contributed by atoms with van der Waals surface area (Å²) < 4.78 is 0.871. The molecule has 0 bridgehead atoms. The van der Waals surface area contributed by atoms with E-state index >= 15 is 0 Å². The summed E-state index contributed by atoms with van der Waals surface area (Å²) in [7, 11) is 0. The van der Waals surface area contributed by atoms with Gasteiger partial charge in [-0.3, -0.25) is 24.2 Å². The Hall–Kier alpha value is -1.73. The van der Waals surface area contributed by atoms with Crippen LogP contribution in [0.15, 0.2) is 22.7 Å². The highest BCUT2D eigenvalue weighted by atomic mass is 79.9. The van der Waals surface area contributed by atoms with Crippen LogP contribution in [0.2, 0.25) is 0 Å². The third-order valence-corrected chi connectivity index (χ3v) is 7.27. The van der Waals surface area contributed by atoms with Crippen molar-refractivity contribution in [3.05, 3.63) is 28.2 Å². The lowest BCUT2D eigenvalue weighted by Gasteiger charge is -2.36. The number of amides is 3. The minimum Gasteiger partial charge on any atom is -0.324 e. The number of likely N-dealkylation sites (tertiary alicyclic amines) is 1. The number of unbranched alkanes of at least 4 members (excludes halogenated alkanes) is 1. The van der Waals surface area contributed by atoms with Crippen LogP contribution in [-0.4, -0.2) is 46.7 Å². The van der Waals surface area contributed by atoms with Gasteiger partial charge in [0.25, 0.3) is 0 Å². The van der Waals surface area contributed by atoms with E-state index in [9.17, 15) is 14.4 Å². The molecule has 0 aromatic heterocycles. The Balaban J connectivity index is 1.69. The lowest BCUT2D eigenvalue weighted by atomic mass is 9.75. The number of fused-ring (bicyclic) bond motifs is 7. The van der Waals surface area contributed by atoms with Crippen molar-refractivity contribution in [3.63, 3.8) is 0 Å². The van der Waals surface area contributed by atoms with E-state index in [0.717, 1.165) is 48.0 Å². The standard InChI is InChI=1S/C20H22BrN3O3/c1-2-3-8-23-17(25)15-14-5-4-9-24(14)20(16(15)18(23)26)12-10-11(21)6-7-13(12)22-19(20)27/h6-7,10,14-16H,2-5,8-9H2,1H3,(H,22,27)/t14-,15+,16+,20-/m1/s1. The van der Waals surface area contributed by atoms with Gasteiger partial charge in [-0.25, -0.2) is 0 Å². The smallest absolute Gasteiger partial charge is 0.250 e. The average molecular weight is 432 g/mol. The summed E-state index contributed by atoms with van der Waals surface area (Å²) in [6, 6.07) is 5.67. The second-order valence-corrected chi connectivity index (χ2v) is 8.91. The number of carbonyl (C=O) groups is 3. The first-order valence-electron chi connectivity index (χ1n) is 9.75. The van der Waals surface area contributed by atoms with Gasteiger partial charge in [0.1, 0.15) is 5.54 Å². The zero-order chi connectivity index (χ0) is 18.9. The first-order valence-corrected chi connectivity index (χ1v) is 10.5. The van der Waals surface area contributed by atoms with Crippen molar-refractivity contribution in [1.29, 1.82) is 0 Å². The molecule has 4 aliphatic rings. The van der Waals surface area contributed by atoms with E-state index < -0.39 is 17.4 Å². The molecule has 142 valence electrons. The van der Waals surface area contributed by atoms with Crippen LogP contribution in [-0.2, 0) is 19.9 Å². The Morgan fingerprint density at radius 3 is 2.85 bits per heavy atom. The summed E-state index contributed by atoms with van der Waals surface area (Å²) in [5.74, 6) is -1.44. The van der Waals surface area contributed by atoms with Crippen LogP contribution in [0.1, 0.15) is 38.2 Å². The molecule has 0 radical (unpaired) electrons. The number of hydrogen-bond donors (Lipinski definition) is 1. The molecule has 4 heterocycles. The van der Waals surface area contributed by atoms with Gasteiger partial charge in [0, 0.05) is 28.3 Å². The van der Waals surface area contributed by atoms with Crippen molar-refractivity contribution in [2.75, 3.05) is 18.4 Å². The Morgan fingerprint density at radius 2 is 2.07 bits per heavy atom. The van der Waals surface area contributed by atoms with Gasteiger partial charge in [-0.1, -0.05) is 29.3 Å². The van der Waals surface area contributed by atoms with Gasteiger partial charge in [-0.2, -0.15) is 0 Å². The second kappa shape index (κ2) is 5.88. The Bertz CT molecular complexity index is 872. The number of benzene rings is 1. The van der Waals surface area contributed by atoms with Crippen LogP contribution >= 0.6 is 15.9 Å². The molecule has 3 amide bonds. The third kappa shape index (κ3) is 2.02. The molecule has 0 aliphatic carbocycles. The van der Waals surface area contributed by atoms with Crippen LogP contribution in [0.5, 0.6) is 0 Å².